The Hall–Kier alpha value is -2.01. The van der Waals surface area contributed by atoms with Crippen molar-refractivity contribution >= 4 is 0 Å². The van der Waals surface area contributed by atoms with Crippen molar-refractivity contribution < 1.29 is 14.0 Å². The SMILES string of the molecule is CCc1cc([C@H]2CCCN2Cc2cc(OC)ccc2OC)on1. The number of hydrogen-bond donors (Lipinski definition) is 0. The van der Waals surface area contributed by atoms with Gasteiger partial charge in [0.05, 0.1) is 26.0 Å². The Balaban J connectivity index is 1.81. The highest BCUT2D eigenvalue weighted by molar-refractivity contribution is 5.40. The minimum absolute atomic E-state index is 0.290. The summed E-state index contributed by atoms with van der Waals surface area (Å²) in [6, 6.07) is 8.31. The van der Waals surface area contributed by atoms with Gasteiger partial charge in [-0.25, -0.2) is 0 Å². The first kappa shape index (κ1) is 15.9. The number of benzene rings is 1. The minimum atomic E-state index is 0.290. The Morgan fingerprint density at radius 3 is 2.83 bits per heavy atom. The molecule has 0 N–H and O–H groups in total. The molecule has 2 aromatic rings. The highest BCUT2D eigenvalue weighted by atomic mass is 16.5. The average molecular weight is 316 g/mol. The molecule has 0 aliphatic carbocycles. The topological polar surface area (TPSA) is 47.7 Å². The van der Waals surface area contributed by atoms with E-state index in [2.05, 4.69) is 23.0 Å². The van der Waals surface area contributed by atoms with Gasteiger partial charge in [-0.2, -0.15) is 0 Å². The number of rotatable bonds is 6. The summed E-state index contributed by atoms with van der Waals surface area (Å²) in [4.78, 5) is 2.43. The van der Waals surface area contributed by atoms with Crippen LogP contribution in [-0.4, -0.2) is 30.8 Å². The number of aryl methyl sites for hydroxylation is 1. The zero-order valence-electron chi connectivity index (χ0n) is 14.0. The summed E-state index contributed by atoms with van der Waals surface area (Å²) in [5.41, 5.74) is 2.15. The fourth-order valence-electron chi connectivity index (χ4n) is 3.21. The van der Waals surface area contributed by atoms with Crippen molar-refractivity contribution in [1.29, 1.82) is 0 Å². The van der Waals surface area contributed by atoms with Crippen molar-refractivity contribution in [2.45, 2.75) is 38.8 Å². The summed E-state index contributed by atoms with van der Waals surface area (Å²) in [7, 11) is 3.39. The fourth-order valence-corrected chi connectivity index (χ4v) is 3.21. The zero-order valence-corrected chi connectivity index (χ0v) is 14.0. The molecule has 3 rings (SSSR count). The first-order valence-electron chi connectivity index (χ1n) is 8.15. The van der Waals surface area contributed by atoms with Crippen LogP contribution in [0.15, 0.2) is 28.8 Å². The van der Waals surface area contributed by atoms with Crippen LogP contribution in [0, 0.1) is 0 Å². The Kier molecular flexibility index (Phi) is 4.86. The quantitative estimate of drug-likeness (QED) is 0.815. The molecule has 1 fully saturated rings. The van der Waals surface area contributed by atoms with Gasteiger partial charge < -0.3 is 14.0 Å². The summed E-state index contributed by atoms with van der Waals surface area (Å²) < 4.78 is 16.4. The average Bonchev–Trinajstić information content (AvgIpc) is 3.23. The molecule has 1 saturated heterocycles. The van der Waals surface area contributed by atoms with E-state index in [1.54, 1.807) is 14.2 Å². The van der Waals surface area contributed by atoms with Crippen LogP contribution in [0.25, 0.3) is 0 Å². The van der Waals surface area contributed by atoms with Gasteiger partial charge in [0.25, 0.3) is 0 Å². The van der Waals surface area contributed by atoms with Crippen LogP contribution in [0.1, 0.15) is 42.8 Å². The third kappa shape index (κ3) is 3.34. The van der Waals surface area contributed by atoms with Crippen LogP contribution in [-0.2, 0) is 13.0 Å². The molecular weight excluding hydrogens is 292 g/mol. The number of hydrogen-bond acceptors (Lipinski definition) is 5. The summed E-state index contributed by atoms with van der Waals surface area (Å²) in [5.74, 6) is 2.72. The van der Waals surface area contributed by atoms with E-state index in [1.165, 1.54) is 6.42 Å². The summed E-state index contributed by atoms with van der Waals surface area (Å²) in [6.07, 6.45) is 3.17. The highest BCUT2D eigenvalue weighted by Gasteiger charge is 2.29. The van der Waals surface area contributed by atoms with Crippen LogP contribution in [0.5, 0.6) is 11.5 Å². The van der Waals surface area contributed by atoms with Crippen molar-refractivity contribution in [3.05, 3.63) is 41.3 Å². The van der Waals surface area contributed by atoms with E-state index in [4.69, 9.17) is 14.0 Å². The van der Waals surface area contributed by atoms with Gasteiger partial charge in [-0.15, -0.1) is 0 Å². The molecule has 2 heterocycles. The van der Waals surface area contributed by atoms with E-state index in [0.29, 0.717) is 6.04 Å². The number of ether oxygens (including phenoxy) is 2. The molecule has 0 radical (unpaired) electrons. The third-order valence-electron chi connectivity index (χ3n) is 4.49. The molecule has 5 heteroatoms. The molecule has 1 aliphatic heterocycles. The summed E-state index contributed by atoms with van der Waals surface area (Å²) in [6.45, 7) is 3.95. The second kappa shape index (κ2) is 7.04. The van der Waals surface area contributed by atoms with Crippen LogP contribution in [0.3, 0.4) is 0 Å². The largest absolute Gasteiger partial charge is 0.497 e. The Morgan fingerprint density at radius 2 is 2.13 bits per heavy atom. The Labute approximate surface area is 137 Å². The number of nitrogens with zero attached hydrogens (tertiary/aromatic N) is 2. The van der Waals surface area contributed by atoms with E-state index >= 15 is 0 Å². The van der Waals surface area contributed by atoms with Gasteiger partial charge in [-0.1, -0.05) is 12.1 Å². The fraction of sp³-hybridized carbons (Fsp3) is 0.500. The van der Waals surface area contributed by atoms with E-state index in [0.717, 1.165) is 54.4 Å². The van der Waals surface area contributed by atoms with Crippen LogP contribution in [0.4, 0.5) is 0 Å². The molecule has 1 atom stereocenters. The third-order valence-corrected chi connectivity index (χ3v) is 4.49. The zero-order chi connectivity index (χ0) is 16.2. The molecule has 124 valence electrons. The normalized spacial score (nSPS) is 18.3. The lowest BCUT2D eigenvalue weighted by molar-refractivity contribution is 0.204. The molecule has 1 aromatic heterocycles. The maximum Gasteiger partial charge on any atom is 0.154 e. The number of likely N-dealkylation sites (tertiary alicyclic amines) is 1. The summed E-state index contributed by atoms with van der Waals surface area (Å²) in [5, 5.41) is 4.14. The maximum atomic E-state index is 5.56. The Bertz CT molecular complexity index is 653. The van der Waals surface area contributed by atoms with E-state index in [9.17, 15) is 0 Å². The molecular formula is C18H24N2O3. The van der Waals surface area contributed by atoms with Crippen molar-refractivity contribution in [3.8, 4) is 11.5 Å². The van der Waals surface area contributed by atoms with Gasteiger partial charge in [-0.05, 0) is 44.0 Å². The first-order valence-corrected chi connectivity index (χ1v) is 8.15. The van der Waals surface area contributed by atoms with Crippen LogP contribution >= 0.6 is 0 Å². The molecule has 1 aromatic carbocycles. The van der Waals surface area contributed by atoms with Gasteiger partial charge in [-0.3, -0.25) is 4.90 Å². The lowest BCUT2D eigenvalue weighted by Crippen LogP contribution is -2.22. The second-order valence-corrected chi connectivity index (χ2v) is 5.88. The van der Waals surface area contributed by atoms with E-state index in [-0.39, 0.29) is 0 Å². The molecule has 0 spiro atoms. The lowest BCUT2D eigenvalue weighted by Gasteiger charge is -2.23. The van der Waals surface area contributed by atoms with Gasteiger partial charge >= 0.3 is 0 Å². The van der Waals surface area contributed by atoms with Crippen molar-refractivity contribution in [1.82, 2.24) is 10.1 Å². The van der Waals surface area contributed by atoms with E-state index in [1.807, 2.05) is 18.2 Å². The monoisotopic (exact) mass is 316 g/mol. The van der Waals surface area contributed by atoms with Gasteiger partial charge in [0.15, 0.2) is 5.76 Å². The predicted molar refractivity (Wildman–Crippen MR) is 87.8 cm³/mol. The van der Waals surface area contributed by atoms with E-state index < -0.39 is 0 Å². The predicted octanol–water partition coefficient (Wildman–Crippen LogP) is 3.59. The number of aromatic nitrogens is 1. The smallest absolute Gasteiger partial charge is 0.154 e. The standard InChI is InChI=1S/C18H24N2O3/c1-4-14-11-18(23-19-14)16-6-5-9-20(16)12-13-10-15(21-2)7-8-17(13)22-3/h7-8,10-11,16H,4-6,9,12H2,1-3H3/t16-/m1/s1. The Morgan fingerprint density at radius 1 is 1.26 bits per heavy atom. The van der Waals surface area contributed by atoms with Gasteiger partial charge in [0, 0.05) is 18.2 Å². The van der Waals surface area contributed by atoms with Crippen molar-refractivity contribution in [2.75, 3.05) is 20.8 Å². The van der Waals surface area contributed by atoms with Gasteiger partial charge in [0.1, 0.15) is 11.5 Å². The first-order chi connectivity index (χ1) is 11.2. The van der Waals surface area contributed by atoms with Gasteiger partial charge in [0.2, 0.25) is 0 Å². The second-order valence-electron chi connectivity index (χ2n) is 5.88. The molecule has 23 heavy (non-hydrogen) atoms. The van der Waals surface area contributed by atoms with Crippen molar-refractivity contribution in [2.24, 2.45) is 0 Å². The molecule has 0 amide bonds. The van der Waals surface area contributed by atoms with Crippen LogP contribution in [0.2, 0.25) is 0 Å². The minimum Gasteiger partial charge on any atom is -0.497 e. The molecule has 0 bridgehead atoms. The molecule has 1 aliphatic rings. The summed E-state index contributed by atoms with van der Waals surface area (Å²) >= 11 is 0. The molecule has 0 saturated carbocycles. The highest BCUT2D eigenvalue weighted by Crippen LogP contribution is 2.35. The number of methoxy groups -OCH3 is 2. The van der Waals surface area contributed by atoms with Crippen molar-refractivity contribution in [3.63, 3.8) is 0 Å². The lowest BCUT2D eigenvalue weighted by atomic mass is 10.1. The molecule has 5 nitrogen and oxygen atoms in total. The maximum absolute atomic E-state index is 5.56. The molecule has 0 unspecified atom stereocenters. The van der Waals surface area contributed by atoms with Crippen LogP contribution < -0.4 is 9.47 Å².